The molecule has 0 aliphatic carbocycles. The fraction of sp³-hybridized carbons (Fsp3) is 0.333. The molecule has 0 saturated carbocycles. The van der Waals surface area contributed by atoms with E-state index in [1.54, 1.807) is 12.1 Å². The van der Waals surface area contributed by atoms with Crippen LogP contribution >= 0.6 is 0 Å². The average molecular weight is 338 g/mol. The lowest BCUT2D eigenvalue weighted by molar-refractivity contribution is 0.306. The summed E-state index contributed by atoms with van der Waals surface area (Å²) in [6.45, 7) is 2.65. The van der Waals surface area contributed by atoms with Gasteiger partial charge in [-0.05, 0) is 48.9 Å². The first kappa shape index (κ1) is 16.2. The lowest BCUT2D eigenvalue weighted by Crippen LogP contribution is -2.21. The smallest absolute Gasteiger partial charge is 0.123 e. The summed E-state index contributed by atoms with van der Waals surface area (Å²) in [5, 5.41) is 1.34. The molecule has 2 heterocycles. The van der Waals surface area contributed by atoms with E-state index in [1.165, 1.54) is 34.3 Å². The Bertz CT molecular complexity index is 898. The zero-order valence-electron chi connectivity index (χ0n) is 14.8. The second-order valence-corrected chi connectivity index (χ2v) is 6.88. The predicted molar refractivity (Wildman–Crippen MR) is 98.6 cm³/mol. The Hall–Kier alpha value is -2.33. The highest BCUT2D eigenvalue weighted by Crippen LogP contribution is 2.31. The van der Waals surface area contributed by atoms with Crippen molar-refractivity contribution in [1.82, 2.24) is 9.47 Å². The van der Waals surface area contributed by atoms with E-state index in [0.29, 0.717) is 6.61 Å². The molecule has 0 N–H and O–H groups in total. The van der Waals surface area contributed by atoms with Crippen molar-refractivity contribution in [2.24, 2.45) is 7.05 Å². The topological polar surface area (TPSA) is 17.4 Å². The van der Waals surface area contributed by atoms with E-state index in [0.717, 1.165) is 37.2 Å². The molecule has 0 bridgehead atoms. The summed E-state index contributed by atoms with van der Waals surface area (Å²) in [5.41, 5.74) is 5.11. The second kappa shape index (κ2) is 6.52. The van der Waals surface area contributed by atoms with E-state index >= 15 is 0 Å². The SMILES string of the molecule is CN1CCc2c(n(C)c3cc(OCc4ccc(F)cc4)ccc23)CC1. The average Bonchev–Trinajstić information content (AvgIpc) is 2.75. The standard InChI is InChI=1S/C21H23FN2O/c1-23-11-9-19-18-8-7-17(13-21(18)24(2)20(19)10-12-23)25-14-15-3-5-16(22)6-4-15/h3-8,13H,9-12,14H2,1-2H3. The molecule has 1 aromatic heterocycles. The molecule has 4 heteroatoms. The van der Waals surface area contributed by atoms with Crippen LogP contribution in [0.25, 0.3) is 10.9 Å². The largest absolute Gasteiger partial charge is 0.489 e. The second-order valence-electron chi connectivity index (χ2n) is 6.88. The van der Waals surface area contributed by atoms with Gasteiger partial charge in [0.15, 0.2) is 0 Å². The number of hydrogen-bond donors (Lipinski definition) is 0. The Morgan fingerprint density at radius 1 is 1.00 bits per heavy atom. The number of aromatic nitrogens is 1. The highest BCUT2D eigenvalue weighted by molar-refractivity contribution is 5.87. The zero-order valence-corrected chi connectivity index (χ0v) is 14.8. The van der Waals surface area contributed by atoms with Gasteiger partial charge in [-0.3, -0.25) is 0 Å². The van der Waals surface area contributed by atoms with Gasteiger partial charge in [-0.15, -0.1) is 0 Å². The maximum atomic E-state index is 13.0. The van der Waals surface area contributed by atoms with E-state index in [-0.39, 0.29) is 5.82 Å². The summed E-state index contributed by atoms with van der Waals surface area (Å²) in [7, 11) is 4.34. The van der Waals surface area contributed by atoms with Crippen LogP contribution in [0, 0.1) is 5.82 Å². The molecule has 1 aliphatic heterocycles. The summed E-state index contributed by atoms with van der Waals surface area (Å²) in [4.78, 5) is 2.39. The summed E-state index contributed by atoms with van der Waals surface area (Å²) >= 11 is 0. The Kier molecular flexibility index (Phi) is 4.22. The molecule has 25 heavy (non-hydrogen) atoms. The van der Waals surface area contributed by atoms with Crippen LogP contribution in [0.5, 0.6) is 5.75 Å². The van der Waals surface area contributed by atoms with Gasteiger partial charge in [0.1, 0.15) is 18.2 Å². The number of aryl methyl sites for hydroxylation is 1. The van der Waals surface area contributed by atoms with Gasteiger partial charge in [0.25, 0.3) is 0 Å². The summed E-state index contributed by atoms with van der Waals surface area (Å²) in [6, 6.07) is 12.8. The maximum absolute atomic E-state index is 13.0. The molecule has 2 aromatic carbocycles. The van der Waals surface area contributed by atoms with Crippen molar-refractivity contribution >= 4 is 10.9 Å². The van der Waals surface area contributed by atoms with Crippen molar-refractivity contribution < 1.29 is 9.13 Å². The fourth-order valence-corrected chi connectivity index (χ4v) is 3.69. The van der Waals surface area contributed by atoms with Crippen molar-refractivity contribution in [1.29, 1.82) is 0 Å². The molecule has 0 saturated heterocycles. The number of rotatable bonds is 3. The van der Waals surface area contributed by atoms with E-state index in [1.807, 2.05) is 6.07 Å². The summed E-state index contributed by atoms with van der Waals surface area (Å²) in [6.07, 6.45) is 2.18. The maximum Gasteiger partial charge on any atom is 0.123 e. The fourth-order valence-electron chi connectivity index (χ4n) is 3.69. The Balaban J connectivity index is 1.60. The van der Waals surface area contributed by atoms with Crippen LogP contribution in [0.3, 0.4) is 0 Å². The third kappa shape index (κ3) is 3.14. The molecule has 0 spiro atoms. The van der Waals surface area contributed by atoms with Crippen molar-refractivity contribution in [2.75, 3.05) is 20.1 Å². The number of ether oxygens (including phenoxy) is 1. The minimum atomic E-state index is -0.221. The van der Waals surface area contributed by atoms with Gasteiger partial charge in [0.05, 0.1) is 5.52 Å². The number of hydrogen-bond acceptors (Lipinski definition) is 2. The molecule has 1 aliphatic rings. The third-order valence-electron chi connectivity index (χ3n) is 5.20. The highest BCUT2D eigenvalue weighted by Gasteiger charge is 2.19. The molecule has 0 fully saturated rings. The molecule has 0 atom stereocenters. The molecule has 3 nitrogen and oxygen atoms in total. The lowest BCUT2D eigenvalue weighted by Gasteiger charge is -2.12. The van der Waals surface area contributed by atoms with Gasteiger partial charge in [-0.25, -0.2) is 4.39 Å². The normalized spacial score (nSPS) is 15.2. The van der Waals surface area contributed by atoms with Crippen LogP contribution in [0.1, 0.15) is 16.8 Å². The molecular formula is C21H23FN2O. The monoisotopic (exact) mass is 338 g/mol. The predicted octanol–water partition coefficient (Wildman–Crippen LogP) is 3.93. The van der Waals surface area contributed by atoms with Crippen LogP contribution in [0.15, 0.2) is 42.5 Å². The van der Waals surface area contributed by atoms with Crippen molar-refractivity contribution in [3.8, 4) is 5.75 Å². The first-order chi connectivity index (χ1) is 12.1. The van der Waals surface area contributed by atoms with Crippen molar-refractivity contribution in [2.45, 2.75) is 19.4 Å². The van der Waals surface area contributed by atoms with Gasteiger partial charge >= 0.3 is 0 Å². The molecular weight excluding hydrogens is 315 g/mol. The third-order valence-corrected chi connectivity index (χ3v) is 5.20. The molecule has 0 unspecified atom stereocenters. The first-order valence-electron chi connectivity index (χ1n) is 8.78. The van der Waals surface area contributed by atoms with E-state index < -0.39 is 0 Å². The molecule has 130 valence electrons. The minimum Gasteiger partial charge on any atom is -0.489 e. The van der Waals surface area contributed by atoms with Gasteiger partial charge in [-0.2, -0.15) is 0 Å². The summed E-state index contributed by atoms with van der Waals surface area (Å²) < 4.78 is 21.2. The number of likely N-dealkylation sites (N-methyl/N-ethyl adjacent to an activating group) is 1. The van der Waals surface area contributed by atoms with Crippen LogP contribution in [-0.4, -0.2) is 29.6 Å². The number of halogens is 1. The number of benzene rings is 2. The van der Waals surface area contributed by atoms with E-state index in [2.05, 4.69) is 35.7 Å². The molecule has 4 rings (SSSR count). The quantitative estimate of drug-likeness (QED) is 0.720. The van der Waals surface area contributed by atoms with Crippen LogP contribution < -0.4 is 4.74 Å². The van der Waals surface area contributed by atoms with Crippen LogP contribution in [0.4, 0.5) is 4.39 Å². The van der Waals surface area contributed by atoms with Gasteiger partial charge < -0.3 is 14.2 Å². The van der Waals surface area contributed by atoms with Crippen molar-refractivity contribution in [3.05, 3.63) is 65.1 Å². The Morgan fingerprint density at radius 3 is 2.56 bits per heavy atom. The Morgan fingerprint density at radius 2 is 1.76 bits per heavy atom. The van der Waals surface area contributed by atoms with Gasteiger partial charge in [0.2, 0.25) is 0 Å². The highest BCUT2D eigenvalue weighted by atomic mass is 19.1. The van der Waals surface area contributed by atoms with Gasteiger partial charge in [-0.1, -0.05) is 12.1 Å². The van der Waals surface area contributed by atoms with E-state index in [9.17, 15) is 4.39 Å². The molecule has 0 amide bonds. The van der Waals surface area contributed by atoms with Crippen LogP contribution in [-0.2, 0) is 26.5 Å². The molecule has 0 radical (unpaired) electrons. The van der Waals surface area contributed by atoms with Crippen molar-refractivity contribution in [3.63, 3.8) is 0 Å². The lowest BCUT2D eigenvalue weighted by atomic mass is 10.1. The van der Waals surface area contributed by atoms with Gasteiger partial charge in [0, 0.05) is 43.7 Å². The number of fused-ring (bicyclic) bond motifs is 3. The number of nitrogens with zero attached hydrogens (tertiary/aromatic N) is 2. The molecule has 3 aromatic rings. The minimum absolute atomic E-state index is 0.221. The zero-order chi connectivity index (χ0) is 17.4. The first-order valence-corrected chi connectivity index (χ1v) is 8.78. The van der Waals surface area contributed by atoms with Crippen LogP contribution in [0.2, 0.25) is 0 Å². The summed E-state index contributed by atoms with van der Waals surface area (Å²) in [5.74, 6) is 0.630. The Labute approximate surface area is 147 Å². The van der Waals surface area contributed by atoms with E-state index in [4.69, 9.17) is 4.74 Å².